The van der Waals surface area contributed by atoms with Gasteiger partial charge in [-0.15, -0.1) is 0 Å². The van der Waals surface area contributed by atoms with Crippen molar-refractivity contribution in [3.05, 3.63) is 35.4 Å². The average Bonchev–Trinajstić information content (AvgIpc) is 2.94. The van der Waals surface area contributed by atoms with Crippen LogP contribution in [-0.4, -0.2) is 17.0 Å². The van der Waals surface area contributed by atoms with Crippen LogP contribution in [0.25, 0.3) is 0 Å². The summed E-state index contributed by atoms with van der Waals surface area (Å²) in [6.45, 7) is 4.38. The van der Waals surface area contributed by atoms with E-state index in [9.17, 15) is 4.79 Å². The van der Waals surface area contributed by atoms with Crippen molar-refractivity contribution >= 4 is 11.5 Å². The molecule has 5 aliphatic rings. The molecular formula is C22H27NO. The SMILES string of the molecule is CC1(C)Cc2ccccc2C(CC(=O)C23CC4CC(C2)C(C4)C3)=N1. The largest absolute Gasteiger partial charge is 0.299 e. The van der Waals surface area contributed by atoms with E-state index >= 15 is 0 Å². The van der Waals surface area contributed by atoms with Crippen LogP contribution < -0.4 is 0 Å². The number of Topliss-reactive ketones (excluding diaryl/α,β-unsaturated/α-hetero) is 1. The fourth-order valence-corrected chi connectivity index (χ4v) is 6.51. The number of nitrogens with zero attached hydrogens (tertiary/aromatic N) is 1. The van der Waals surface area contributed by atoms with E-state index in [4.69, 9.17) is 4.99 Å². The number of hydrogen-bond donors (Lipinski definition) is 0. The summed E-state index contributed by atoms with van der Waals surface area (Å²) >= 11 is 0. The quantitative estimate of drug-likeness (QED) is 0.800. The summed E-state index contributed by atoms with van der Waals surface area (Å²) in [5.74, 6) is 3.03. The maximum atomic E-state index is 13.4. The molecule has 0 N–H and O–H groups in total. The van der Waals surface area contributed by atoms with Gasteiger partial charge in [-0.3, -0.25) is 9.79 Å². The minimum atomic E-state index is -0.0887. The first-order chi connectivity index (χ1) is 11.4. The molecule has 1 aromatic carbocycles. The lowest BCUT2D eigenvalue weighted by Gasteiger charge is -2.38. The van der Waals surface area contributed by atoms with E-state index in [0.29, 0.717) is 12.2 Å². The standard InChI is InChI=1S/C22H27NO/c1-21(2)11-15-5-3-4-6-18(15)19(23-21)9-20(24)22-10-14-7-16(12-22)17(8-14)13-22/h3-6,14,16-17H,7-13H2,1-2H3. The molecule has 4 aliphatic carbocycles. The normalized spacial score (nSPS) is 38.1. The molecule has 2 unspecified atom stereocenters. The second-order valence-corrected chi connectivity index (χ2v) is 9.56. The van der Waals surface area contributed by atoms with Crippen molar-refractivity contribution in [2.24, 2.45) is 28.2 Å². The molecule has 1 heterocycles. The Balaban J connectivity index is 1.45. The molecule has 2 atom stereocenters. The molecule has 0 amide bonds. The van der Waals surface area contributed by atoms with Crippen molar-refractivity contribution in [1.82, 2.24) is 0 Å². The molecule has 0 aromatic heterocycles. The predicted molar refractivity (Wildman–Crippen MR) is 96.4 cm³/mol. The van der Waals surface area contributed by atoms with Crippen molar-refractivity contribution in [3.8, 4) is 0 Å². The predicted octanol–water partition coefficient (Wildman–Crippen LogP) is 4.60. The van der Waals surface area contributed by atoms with E-state index in [2.05, 4.69) is 38.1 Å². The van der Waals surface area contributed by atoms with Crippen LogP contribution in [0, 0.1) is 23.2 Å². The lowest BCUT2D eigenvalue weighted by atomic mass is 9.66. The minimum absolute atomic E-state index is 0.00948. The van der Waals surface area contributed by atoms with Gasteiger partial charge in [0.25, 0.3) is 0 Å². The Hall–Kier alpha value is -1.44. The van der Waals surface area contributed by atoms with E-state index in [-0.39, 0.29) is 11.0 Å². The molecule has 4 fully saturated rings. The first kappa shape index (κ1) is 14.9. The Kier molecular flexibility index (Phi) is 2.98. The number of fused-ring (bicyclic) bond motifs is 1. The Morgan fingerprint density at radius 2 is 1.83 bits per heavy atom. The number of carbonyl (C=O) groups excluding carboxylic acids is 1. The molecule has 4 bridgehead atoms. The van der Waals surface area contributed by atoms with Crippen LogP contribution in [-0.2, 0) is 11.2 Å². The average molecular weight is 321 g/mol. The summed E-state index contributed by atoms with van der Waals surface area (Å²) < 4.78 is 0. The van der Waals surface area contributed by atoms with Gasteiger partial charge in [0, 0.05) is 11.8 Å². The summed E-state index contributed by atoms with van der Waals surface area (Å²) in [7, 11) is 0. The van der Waals surface area contributed by atoms with Gasteiger partial charge in [0.05, 0.1) is 11.3 Å². The fraction of sp³-hybridized carbons (Fsp3) is 0.636. The van der Waals surface area contributed by atoms with Gasteiger partial charge in [-0.25, -0.2) is 0 Å². The van der Waals surface area contributed by atoms with Crippen molar-refractivity contribution in [2.75, 3.05) is 0 Å². The van der Waals surface area contributed by atoms with E-state index in [1.54, 1.807) is 0 Å². The smallest absolute Gasteiger partial charge is 0.145 e. The lowest BCUT2D eigenvalue weighted by molar-refractivity contribution is -0.130. The summed E-state index contributed by atoms with van der Waals surface area (Å²) in [5, 5.41) is 0. The van der Waals surface area contributed by atoms with Gasteiger partial charge in [-0.2, -0.15) is 0 Å². The molecule has 4 saturated carbocycles. The number of hydrogen-bond acceptors (Lipinski definition) is 2. The Labute approximate surface area is 144 Å². The molecule has 1 aromatic rings. The summed E-state index contributed by atoms with van der Waals surface area (Å²) in [6.07, 6.45) is 7.83. The van der Waals surface area contributed by atoms with Crippen LogP contribution in [0.5, 0.6) is 0 Å². The number of benzene rings is 1. The van der Waals surface area contributed by atoms with Gasteiger partial charge in [0.2, 0.25) is 0 Å². The molecule has 0 spiro atoms. The van der Waals surface area contributed by atoms with Crippen molar-refractivity contribution in [3.63, 3.8) is 0 Å². The number of aliphatic imine (C=N–C) groups is 1. The number of rotatable bonds is 3. The molecule has 0 radical (unpaired) electrons. The highest BCUT2D eigenvalue weighted by atomic mass is 16.1. The summed E-state index contributed by atoms with van der Waals surface area (Å²) in [6, 6.07) is 8.55. The second-order valence-electron chi connectivity index (χ2n) is 9.56. The molecule has 2 nitrogen and oxygen atoms in total. The minimum Gasteiger partial charge on any atom is -0.299 e. The van der Waals surface area contributed by atoms with Gasteiger partial charge in [0.15, 0.2) is 0 Å². The summed E-state index contributed by atoms with van der Waals surface area (Å²) in [4.78, 5) is 18.3. The Bertz CT molecular complexity index is 725. The number of ketones is 1. The van der Waals surface area contributed by atoms with Crippen molar-refractivity contribution in [2.45, 2.75) is 64.3 Å². The first-order valence-electron chi connectivity index (χ1n) is 9.64. The zero-order valence-electron chi connectivity index (χ0n) is 14.8. The first-order valence-corrected chi connectivity index (χ1v) is 9.64. The van der Waals surface area contributed by atoms with Crippen molar-refractivity contribution < 1.29 is 4.79 Å². The number of carbonyl (C=O) groups is 1. The molecule has 1 aliphatic heterocycles. The second kappa shape index (κ2) is 4.80. The highest BCUT2D eigenvalue weighted by molar-refractivity contribution is 6.13. The van der Waals surface area contributed by atoms with E-state index in [1.165, 1.54) is 36.8 Å². The van der Waals surface area contributed by atoms with Crippen LogP contribution in [0.4, 0.5) is 0 Å². The van der Waals surface area contributed by atoms with E-state index < -0.39 is 0 Å². The van der Waals surface area contributed by atoms with Crippen LogP contribution >= 0.6 is 0 Å². The van der Waals surface area contributed by atoms with Gasteiger partial charge >= 0.3 is 0 Å². The van der Waals surface area contributed by atoms with E-state index in [1.807, 2.05) is 0 Å². The topological polar surface area (TPSA) is 29.4 Å². The molecule has 24 heavy (non-hydrogen) atoms. The molecule has 6 rings (SSSR count). The Morgan fingerprint density at radius 1 is 1.12 bits per heavy atom. The van der Waals surface area contributed by atoms with E-state index in [0.717, 1.165) is 36.3 Å². The van der Waals surface area contributed by atoms with Crippen LogP contribution in [0.3, 0.4) is 0 Å². The third kappa shape index (κ3) is 2.14. The third-order valence-electron chi connectivity index (χ3n) is 7.23. The molecule has 0 saturated heterocycles. The monoisotopic (exact) mass is 321 g/mol. The maximum Gasteiger partial charge on any atom is 0.145 e. The lowest BCUT2D eigenvalue weighted by Crippen LogP contribution is -2.38. The van der Waals surface area contributed by atoms with Crippen LogP contribution in [0.1, 0.15) is 63.5 Å². The fourth-order valence-electron chi connectivity index (χ4n) is 6.51. The van der Waals surface area contributed by atoms with Crippen LogP contribution in [0.2, 0.25) is 0 Å². The molecule has 2 heteroatoms. The van der Waals surface area contributed by atoms with Gasteiger partial charge in [-0.05, 0) is 81.3 Å². The highest BCUT2D eigenvalue weighted by Gasteiger charge is 2.58. The van der Waals surface area contributed by atoms with Gasteiger partial charge < -0.3 is 0 Å². The Morgan fingerprint density at radius 3 is 2.54 bits per heavy atom. The van der Waals surface area contributed by atoms with Crippen molar-refractivity contribution in [1.29, 1.82) is 0 Å². The van der Waals surface area contributed by atoms with Gasteiger partial charge in [-0.1, -0.05) is 24.3 Å². The molecular weight excluding hydrogens is 294 g/mol. The zero-order valence-corrected chi connectivity index (χ0v) is 14.8. The summed E-state index contributed by atoms with van der Waals surface area (Å²) in [5.41, 5.74) is 3.54. The third-order valence-corrected chi connectivity index (χ3v) is 7.23. The van der Waals surface area contributed by atoms with Gasteiger partial charge in [0.1, 0.15) is 5.78 Å². The maximum absolute atomic E-state index is 13.4. The van der Waals surface area contributed by atoms with Crippen LogP contribution in [0.15, 0.2) is 29.3 Å². The highest BCUT2D eigenvalue weighted by Crippen LogP contribution is 2.64. The zero-order chi connectivity index (χ0) is 16.5. The molecule has 126 valence electrons.